The first-order valence-electron chi connectivity index (χ1n) is 6.31. The summed E-state index contributed by atoms with van der Waals surface area (Å²) in [5, 5.41) is 12.7. The van der Waals surface area contributed by atoms with Crippen molar-refractivity contribution < 1.29 is 5.11 Å². The van der Waals surface area contributed by atoms with E-state index >= 15 is 0 Å². The second kappa shape index (κ2) is 8.25. The fourth-order valence-corrected chi connectivity index (χ4v) is 2.07. The molecule has 2 N–H and O–H groups in total. The average Bonchev–Trinajstić information content (AvgIpc) is 2.20. The van der Waals surface area contributed by atoms with Gasteiger partial charge in [0.05, 0.1) is 0 Å². The van der Waals surface area contributed by atoms with Crippen molar-refractivity contribution in [1.29, 1.82) is 0 Å². The zero-order valence-corrected chi connectivity index (χ0v) is 9.30. The van der Waals surface area contributed by atoms with Crippen LogP contribution in [0.3, 0.4) is 0 Å². The molecule has 1 unspecified atom stereocenters. The van der Waals surface area contributed by atoms with E-state index in [0.717, 1.165) is 13.0 Å². The first-order chi connectivity index (χ1) is 6.89. The molecule has 0 aromatic rings. The molecular formula is C12H25NO. The summed E-state index contributed by atoms with van der Waals surface area (Å²) in [7, 11) is 0. The van der Waals surface area contributed by atoms with Gasteiger partial charge in [0.1, 0.15) is 6.23 Å². The normalized spacial score (nSPS) is 28.5. The Balaban J connectivity index is 2.12. The van der Waals surface area contributed by atoms with Gasteiger partial charge in [0.25, 0.3) is 0 Å². The van der Waals surface area contributed by atoms with Crippen molar-refractivity contribution in [2.24, 2.45) is 0 Å². The van der Waals surface area contributed by atoms with Crippen LogP contribution in [-0.2, 0) is 0 Å². The summed E-state index contributed by atoms with van der Waals surface area (Å²) in [5.74, 6) is 0. The SMILES string of the molecule is OC1CCCCCCCCCCCN1. The highest BCUT2D eigenvalue weighted by atomic mass is 16.3. The van der Waals surface area contributed by atoms with E-state index in [1.54, 1.807) is 0 Å². The molecule has 14 heavy (non-hydrogen) atoms. The lowest BCUT2D eigenvalue weighted by Crippen LogP contribution is -2.29. The van der Waals surface area contributed by atoms with E-state index in [9.17, 15) is 5.11 Å². The van der Waals surface area contributed by atoms with E-state index in [4.69, 9.17) is 0 Å². The van der Waals surface area contributed by atoms with Crippen molar-refractivity contribution in [3.63, 3.8) is 0 Å². The predicted molar refractivity (Wildman–Crippen MR) is 60.2 cm³/mol. The molecule has 0 saturated carbocycles. The van der Waals surface area contributed by atoms with Crippen LogP contribution in [0.15, 0.2) is 0 Å². The van der Waals surface area contributed by atoms with E-state index in [2.05, 4.69) is 5.32 Å². The van der Waals surface area contributed by atoms with Crippen molar-refractivity contribution >= 4 is 0 Å². The third-order valence-electron chi connectivity index (χ3n) is 3.03. The Morgan fingerprint density at radius 3 is 1.86 bits per heavy atom. The van der Waals surface area contributed by atoms with Crippen LogP contribution in [0.1, 0.15) is 64.2 Å². The van der Waals surface area contributed by atoms with E-state index < -0.39 is 0 Å². The average molecular weight is 199 g/mol. The number of hydrogen-bond donors (Lipinski definition) is 2. The molecule has 0 aromatic carbocycles. The van der Waals surface area contributed by atoms with Gasteiger partial charge in [-0.1, -0.05) is 44.9 Å². The Labute approximate surface area is 88.1 Å². The smallest absolute Gasteiger partial charge is 0.104 e. The van der Waals surface area contributed by atoms with E-state index in [-0.39, 0.29) is 6.23 Å². The van der Waals surface area contributed by atoms with Crippen LogP contribution in [0.4, 0.5) is 0 Å². The Morgan fingerprint density at radius 1 is 0.714 bits per heavy atom. The molecule has 84 valence electrons. The largest absolute Gasteiger partial charge is 0.379 e. The zero-order valence-electron chi connectivity index (χ0n) is 9.30. The van der Waals surface area contributed by atoms with Crippen molar-refractivity contribution in [2.45, 2.75) is 70.4 Å². The molecule has 0 aliphatic carbocycles. The van der Waals surface area contributed by atoms with Crippen LogP contribution in [0.5, 0.6) is 0 Å². The zero-order chi connectivity index (χ0) is 10.1. The van der Waals surface area contributed by atoms with Gasteiger partial charge in [0, 0.05) is 0 Å². The second-order valence-corrected chi connectivity index (χ2v) is 4.44. The molecule has 1 fully saturated rings. The lowest BCUT2D eigenvalue weighted by Gasteiger charge is -2.11. The molecule has 1 aliphatic heterocycles. The number of aliphatic hydroxyl groups is 1. The van der Waals surface area contributed by atoms with E-state index in [1.165, 1.54) is 57.8 Å². The summed E-state index contributed by atoms with van der Waals surface area (Å²) in [5.41, 5.74) is 0. The molecule has 0 amide bonds. The molecule has 0 radical (unpaired) electrons. The standard InChI is InChI=1S/C12H25NO/c14-12-10-8-6-4-2-1-3-5-7-9-11-13-12/h12-14H,1-11H2. The monoisotopic (exact) mass is 199 g/mol. The summed E-state index contributed by atoms with van der Waals surface area (Å²) in [6.07, 6.45) is 12.6. The summed E-state index contributed by atoms with van der Waals surface area (Å²) >= 11 is 0. The van der Waals surface area contributed by atoms with Gasteiger partial charge >= 0.3 is 0 Å². The molecule has 1 heterocycles. The van der Waals surface area contributed by atoms with Crippen LogP contribution in [0.2, 0.25) is 0 Å². The third kappa shape index (κ3) is 6.39. The number of hydrogen-bond acceptors (Lipinski definition) is 2. The highest BCUT2D eigenvalue weighted by molar-refractivity contribution is 4.57. The molecule has 1 rings (SSSR count). The van der Waals surface area contributed by atoms with Gasteiger partial charge in [-0.05, 0) is 25.8 Å². The lowest BCUT2D eigenvalue weighted by atomic mass is 10.1. The van der Waals surface area contributed by atoms with Gasteiger partial charge in [0.15, 0.2) is 0 Å². The van der Waals surface area contributed by atoms with Crippen LogP contribution >= 0.6 is 0 Å². The summed E-state index contributed by atoms with van der Waals surface area (Å²) < 4.78 is 0. The molecule has 0 spiro atoms. The number of rotatable bonds is 0. The fourth-order valence-electron chi connectivity index (χ4n) is 2.07. The minimum absolute atomic E-state index is 0.254. The minimum atomic E-state index is -0.254. The predicted octanol–water partition coefficient (Wildman–Crippen LogP) is 2.81. The van der Waals surface area contributed by atoms with Crippen LogP contribution in [0.25, 0.3) is 0 Å². The molecule has 1 saturated heterocycles. The molecule has 0 bridgehead atoms. The van der Waals surface area contributed by atoms with Gasteiger partial charge < -0.3 is 5.11 Å². The second-order valence-electron chi connectivity index (χ2n) is 4.44. The summed E-state index contributed by atoms with van der Waals surface area (Å²) in [6, 6.07) is 0. The molecular weight excluding hydrogens is 174 g/mol. The van der Waals surface area contributed by atoms with Crippen molar-refractivity contribution in [2.75, 3.05) is 6.54 Å². The van der Waals surface area contributed by atoms with Crippen LogP contribution in [0, 0.1) is 0 Å². The maximum atomic E-state index is 9.55. The Kier molecular flexibility index (Phi) is 7.06. The third-order valence-corrected chi connectivity index (χ3v) is 3.03. The Hall–Kier alpha value is -0.0800. The van der Waals surface area contributed by atoms with Gasteiger partial charge in [0.2, 0.25) is 0 Å². The Bertz CT molecular complexity index is 113. The first kappa shape index (κ1) is 12.0. The molecule has 2 heteroatoms. The summed E-state index contributed by atoms with van der Waals surface area (Å²) in [4.78, 5) is 0. The highest BCUT2D eigenvalue weighted by Gasteiger charge is 2.03. The van der Waals surface area contributed by atoms with E-state index in [0.29, 0.717) is 0 Å². The number of aliphatic hydroxyl groups excluding tert-OH is 1. The first-order valence-corrected chi connectivity index (χ1v) is 6.31. The maximum absolute atomic E-state index is 9.55. The number of nitrogens with one attached hydrogen (secondary N) is 1. The highest BCUT2D eigenvalue weighted by Crippen LogP contribution is 2.11. The maximum Gasteiger partial charge on any atom is 0.104 e. The summed E-state index contributed by atoms with van der Waals surface area (Å²) in [6.45, 7) is 0.987. The van der Waals surface area contributed by atoms with Crippen molar-refractivity contribution in [1.82, 2.24) is 5.32 Å². The quantitative estimate of drug-likeness (QED) is 0.629. The van der Waals surface area contributed by atoms with Crippen molar-refractivity contribution in [3.8, 4) is 0 Å². The molecule has 1 aliphatic rings. The topological polar surface area (TPSA) is 32.3 Å². The van der Waals surface area contributed by atoms with E-state index in [1.807, 2.05) is 0 Å². The lowest BCUT2D eigenvalue weighted by molar-refractivity contribution is 0.124. The molecule has 0 aromatic heterocycles. The molecule has 2 nitrogen and oxygen atoms in total. The van der Waals surface area contributed by atoms with Gasteiger partial charge in [-0.15, -0.1) is 0 Å². The van der Waals surface area contributed by atoms with Crippen LogP contribution < -0.4 is 5.32 Å². The molecule has 1 atom stereocenters. The fraction of sp³-hybridized carbons (Fsp3) is 1.00. The minimum Gasteiger partial charge on any atom is -0.379 e. The van der Waals surface area contributed by atoms with Gasteiger partial charge in [-0.2, -0.15) is 0 Å². The van der Waals surface area contributed by atoms with Gasteiger partial charge in [-0.25, -0.2) is 0 Å². The Morgan fingerprint density at radius 2 is 1.21 bits per heavy atom. The van der Waals surface area contributed by atoms with Crippen LogP contribution in [-0.4, -0.2) is 17.9 Å². The van der Waals surface area contributed by atoms with Gasteiger partial charge in [-0.3, -0.25) is 5.32 Å². The van der Waals surface area contributed by atoms with Crippen molar-refractivity contribution in [3.05, 3.63) is 0 Å².